The fraction of sp³-hybridized carbons (Fsp3) is 0.800. The molecule has 0 amide bonds. The number of carbonyl (C=O) groups is 4. The molecule has 158 valence electrons. The number of ether oxygens (including phenoxy) is 1. The molecule has 0 aromatic heterocycles. The summed E-state index contributed by atoms with van der Waals surface area (Å²) in [6.45, 7) is 5.33. The summed E-state index contributed by atoms with van der Waals surface area (Å²) < 4.78 is 5.26. The van der Waals surface area contributed by atoms with Gasteiger partial charge in [0.1, 0.15) is 6.10 Å². The highest BCUT2D eigenvalue weighted by atomic mass is 35.5. The number of rotatable bonds is 5. The van der Waals surface area contributed by atoms with Crippen molar-refractivity contribution in [2.75, 3.05) is 0 Å². The van der Waals surface area contributed by atoms with E-state index in [1.807, 2.05) is 13.8 Å². The lowest BCUT2D eigenvalue weighted by Gasteiger charge is -2.32. The second-order valence-electron chi connectivity index (χ2n) is 8.25. The Kier molecular flexibility index (Phi) is 8.28. The third-order valence-corrected chi connectivity index (χ3v) is 6.41. The lowest BCUT2D eigenvalue weighted by molar-refractivity contribution is -0.264. The van der Waals surface area contributed by atoms with E-state index in [-0.39, 0.29) is 47.4 Å². The van der Waals surface area contributed by atoms with Crippen molar-refractivity contribution in [3.63, 3.8) is 0 Å². The molecular weight excluding hydrogens is 388 g/mol. The number of carbonyl (C=O) groups excluding carboxylic acids is 4. The maximum absolute atomic E-state index is 12.2. The van der Waals surface area contributed by atoms with E-state index in [0.717, 1.165) is 19.3 Å². The summed E-state index contributed by atoms with van der Waals surface area (Å²) in [4.78, 5) is 56.4. The highest BCUT2D eigenvalue weighted by Crippen LogP contribution is 2.37. The predicted octanol–water partition coefficient (Wildman–Crippen LogP) is 3.56. The molecule has 2 fully saturated rings. The molecule has 2 saturated carbocycles. The quantitative estimate of drug-likeness (QED) is 0.292. The standard InChI is InChI=1S/C20H29ClO7/c1-11-4-6-14(19(21)24)8-16(11)10-18(23)27-28-20(25)15-7-5-12(2)17(9-15)26-13(3)22/h11-12,14-17H,4-10H2,1-3H3/t11-,12-,14-,15-,16-,17-/m1/s1. The normalized spacial score (nSPS) is 32.9. The van der Waals surface area contributed by atoms with Crippen LogP contribution in [0, 0.1) is 29.6 Å². The van der Waals surface area contributed by atoms with Gasteiger partial charge < -0.3 is 4.74 Å². The van der Waals surface area contributed by atoms with Crippen molar-refractivity contribution in [2.24, 2.45) is 29.6 Å². The summed E-state index contributed by atoms with van der Waals surface area (Å²) in [6, 6.07) is 0. The summed E-state index contributed by atoms with van der Waals surface area (Å²) >= 11 is 5.59. The van der Waals surface area contributed by atoms with Crippen LogP contribution in [0.3, 0.4) is 0 Å². The Hall–Kier alpha value is -1.63. The molecular formula is C20H29ClO7. The predicted molar refractivity (Wildman–Crippen MR) is 99.7 cm³/mol. The lowest BCUT2D eigenvalue weighted by atomic mass is 9.74. The van der Waals surface area contributed by atoms with Gasteiger partial charge >= 0.3 is 17.9 Å². The van der Waals surface area contributed by atoms with Gasteiger partial charge in [-0.3, -0.25) is 9.59 Å². The Balaban J connectivity index is 1.79. The Morgan fingerprint density at radius 2 is 1.54 bits per heavy atom. The van der Waals surface area contributed by atoms with E-state index in [9.17, 15) is 19.2 Å². The average molecular weight is 417 g/mol. The maximum atomic E-state index is 12.2. The molecule has 0 aromatic carbocycles. The monoisotopic (exact) mass is 416 g/mol. The number of esters is 1. The molecule has 2 rings (SSSR count). The molecule has 0 radical (unpaired) electrons. The van der Waals surface area contributed by atoms with E-state index in [2.05, 4.69) is 0 Å². The van der Waals surface area contributed by atoms with Crippen LogP contribution in [0.15, 0.2) is 0 Å². The zero-order chi connectivity index (χ0) is 20.8. The summed E-state index contributed by atoms with van der Waals surface area (Å²) in [5.41, 5.74) is 0. The third-order valence-electron chi connectivity index (χ3n) is 6.10. The van der Waals surface area contributed by atoms with E-state index < -0.39 is 17.9 Å². The third kappa shape index (κ3) is 6.47. The lowest BCUT2D eigenvalue weighted by Crippen LogP contribution is -2.35. The maximum Gasteiger partial charge on any atom is 0.358 e. The van der Waals surface area contributed by atoms with Crippen LogP contribution in [0.1, 0.15) is 65.7 Å². The van der Waals surface area contributed by atoms with Crippen LogP contribution in [0.4, 0.5) is 0 Å². The van der Waals surface area contributed by atoms with E-state index in [1.165, 1.54) is 6.92 Å². The van der Waals surface area contributed by atoms with Crippen molar-refractivity contribution in [3.8, 4) is 0 Å². The molecule has 8 heteroatoms. The molecule has 2 aliphatic rings. The first-order valence-electron chi connectivity index (χ1n) is 9.95. The second-order valence-corrected chi connectivity index (χ2v) is 8.62. The van der Waals surface area contributed by atoms with Crippen molar-refractivity contribution < 1.29 is 33.7 Å². The topological polar surface area (TPSA) is 96.0 Å². The average Bonchev–Trinajstić information content (AvgIpc) is 2.62. The summed E-state index contributed by atoms with van der Waals surface area (Å²) in [5, 5.41) is -0.370. The fourth-order valence-electron chi connectivity index (χ4n) is 4.18. The van der Waals surface area contributed by atoms with Crippen LogP contribution in [0.2, 0.25) is 0 Å². The molecule has 0 saturated heterocycles. The van der Waals surface area contributed by atoms with Crippen molar-refractivity contribution in [1.29, 1.82) is 0 Å². The molecule has 0 bridgehead atoms. The Morgan fingerprint density at radius 1 is 0.893 bits per heavy atom. The van der Waals surface area contributed by atoms with Gasteiger partial charge in [0.2, 0.25) is 5.24 Å². The van der Waals surface area contributed by atoms with Crippen LogP contribution < -0.4 is 0 Å². The van der Waals surface area contributed by atoms with Crippen molar-refractivity contribution in [2.45, 2.75) is 71.8 Å². The summed E-state index contributed by atoms with van der Waals surface area (Å²) in [7, 11) is 0. The fourth-order valence-corrected chi connectivity index (χ4v) is 4.38. The molecule has 7 nitrogen and oxygen atoms in total. The molecule has 0 aromatic rings. The number of hydrogen-bond acceptors (Lipinski definition) is 7. The largest absolute Gasteiger partial charge is 0.462 e. The Bertz CT molecular complexity index is 605. The van der Waals surface area contributed by atoms with Crippen molar-refractivity contribution >= 4 is 34.8 Å². The van der Waals surface area contributed by atoms with Crippen molar-refractivity contribution in [1.82, 2.24) is 0 Å². The molecule has 0 N–H and O–H groups in total. The Morgan fingerprint density at radius 3 is 2.18 bits per heavy atom. The van der Waals surface area contributed by atoms with E-state index in [1.54, 1.807) is 0 Å². The molecule has 0 spiro atoms. The minimum absolute atomic E-state index is 0.0310. The van der Waals surface area contributed by atoms with E-state index >= 15 is 0 Å². The van der Waals surface area contributed by atoms with Gasteiger partial charge in [-0.1, -0.05) is 13.8 Å². The SMILES string of the molecule is CC(=O)O[C@@H]1C[C@H](C(=O)OOC(=O)C[C@H]2C[C@H](C(=O)Cl)CC[C@H]2C)CC[C@H]1C. The zero-order valence-electron chi connectivity index (χ0n) is 16.6. The molecule has 2 aliphatic carbocycles. The van der Waals surface area contributed by atoms with Gasteiger partial charge in [0.05, 0.1) is 12.3 Å². The van der Waals surface area contributed by atoms with Gasteiger partial charge in [0.25, 0.3) is 0 Å². The van der Waals surface area contributed by atoms with Crippen LogP contribution in [0.25, 0.3) is 0 Å². The van der Waals surface area contributed by atoms with E-state index in [4.69, 9.17) is 26.1 Å². The van der Waals surface area contributed by atoms with Gasteiger partial charge in [-0.2, -0.15) is 0 Å². The second kappa shape index (κ2) is 10.2. The van der Waals surface area contributed by atoms with Gasteiger partial charge in [-0.15, -0.1) is 0 Å². The highest BCUT2D eigenvalue weighted by molar-refractivity contribution is 6.63. The van der Waals surface area contributed by atoms with Crippen LogP contribution >= 0.6 is 11.6 Å². The summed E-state index contributed by atoms with van der Waals surface area (Å²) in [5.74, 6) is -1.94. The number of hydrogen-bond donors (Lipinski definition) is 0. The molecule has 0 unspecified atom stereocenters. The van der Waals surface area contributed by atoms with Crippen LogP contribution in [-0.2, 0) is 33.7 Å². The first kappa shape index (κ1) is 22.7. The zero-order valence-corrected chi connectivity index (χ0v) is 17.4. The molecule has 0 heterocycles. The van der Waals surface area contributed by atoms with Crippen LogP contribution in [0.5, 0.6) is 0 Å². The molecule has 28 heavy (non-hydrogen) atoms. The van der Waals surface area contributed by atoms with Gasteiger partial charge in [0.15, 0.2) is 0 Å². The highest BCUT2D eigenvalue weighted by Gasteiger charge is 2.36. The first-order valence-corrected chi connectivity index (χ1v) is 10.3. The van der Waals surface area contributed by atoms with Gasteiger partial charge in [0, 0.05) is 12.8 Å². The molecule has 0 aliphatic heterocycles. The minimum atomic E-state index is -0.631. The minimum Gasteiger partial charge on any atom is -0.462 e. The number of halogens is 1. The van der Waals surface area contributed by atoms with Gasteiger partial charge in [-0.25, -0.2) is 19.4 Å². The van der Waals surface area contributed by atoms with E-state index in [0.29, 0.717) is 19.3 Å². The summed E-state index contributed by atoms with van der Waals surface area (Å²) in [6.07, 6.45) is 3.49. The van der Waals surface area contributed by atoms with Gasteiger partial charge in [-0.05, 0) is 67.9 Å². The molecule has 6 atom stereocenters. The first-order chi connectivity index (χ1) is 13.2. The smallest absolute Gasteiger partial charge is 0.358 e. The van der Waals surface area contributed by atoms with Crippen LogP contribution in [-0.4, -0.2) is 29.3 Å². The Labute approximate surface area is 170 Å². The van der Waals surface area contributed by atoms with Crippen molar-refractivity contribution in [3.05, 3.63) is 0 Å².